The highest BCUT2D eigenvalue weighted by Crippen LogP contribution is 2.31. The SMILES string of the molecule is CCN(CC)c1ccc(C(=O)NC(CC(C)C)C(=O)N2CCC3C2C(=O)CN3OC(=O)Oc2ccccc2)cc1. The highest BCUT2D eigenvalue weighted by molar-refractivity contribution is 5.99. The van der Waals surface area contributed by atoms with Gasteiger partial charge in [0.15, 0.2) is 5.78 Å². The number of carbonyl (C=O) groups excluding carboxylic acids is 4. The Morgan fingerprint density at radius 3 is 2.33 bits per heavy atom. The normalized spacial score (nSPS) is 19.3. The first-order valence-corrected chi connectivity index (χ1v) is 13.9. The number of likely N-dealkylation sites (tertiary alicyclic amines) is 1. The van der Waals surface area contributed by atoms with E-state index in [0.29, 0.717) is 30.7 Å². The van der Waals surface area contributed by atoms with Crippen molar-refractivity contribution in [2.24, 2.45) is 5.92 Å². The Kier molecular flexibility index (Phi) is 9.42. The van der Waals surface area contributed by atoms with Crippen molar-refractivity contribution in [1.29, 1.82) is 0 Å². The molecule has 2 fully saturated rings. The van der Waals surface area contributed by atoms with Crippen LogP contribution in [0.25, 0.3) is 0 Å². The van der Waals surface area contributed by atoms with Gasteiger partial charge in [0.2, 0.25) is 5.91 Å². The second-order valence-corrected chi connectivity index (χ2v) is 10.5. The monoisotopic (exact) mass is 550 g/mol. The largest absolute Gasteiger partial charge is 0.533 e. The number of ether oxygens (including phenoxy) is 1. The lowest BCUT2D eigenvalue weighted by Gasteiger charge is -2.29. The second-order valence-electron chi connectivity index (χ2n) is 10.5. The van der Waals surface area contributed by atoms with Crippen molar-refractivity contribution in [2.75, 3.05) is 31.1 Å². The number of anilines is 1. The molecular formula is C30H38N4O6. The molecule has 0 aromatic heterocycles. The van der Waals surface area contributed by atoms with Gasteiger partial charge >= 0.3 is 6.16 Å². The van der Waals surface area contributed by atoms with Gasteiger partial charge in [0.05, 0.1) is 12.6 Å². The van der Waals surface area contributed by atoms with Crippen molar-refractivity contribution in [1.82, 2.24) is 15.3 Å². The summed E-state index contributed by atoms with van der Waals surface area (Å²) in [5.74, 6) is -0.411. The average molecular weight is 551 g/mol. The van der Waals surface area contributed by atoms with E-state index in [1.165, 1.54) is 9.96 Å². The number of nitrogens with one attached hydrogen (secondary N) is 1. The van der Waals surface area contributed by atoms with Gasteiger partial charge in [0, 0.05) is 30.9 Å². The van der Waals surface area contributed by atoms with Crippen LogP contribution in [0.5, 0.6) is 5.75 Å². The van der Waals surface area contributed by atoms with Crippen LogP contribution in [0.2, 0.25) is 0 Å². The predicted octanol–water partition coefficient (Wildman–Crippen LogP) is 3.66. The number of benzene rings is 2. The van der Waals surface area contributed by atoms with Crippen LogP contribution in [0.4, 0.5) is 10.5 Å². The number of para-hydroxylation sites is 1. The molecule has 2 saturated heterocycles. The van der Waals surface area contributed by atoms with Gasteiger partial charge in [-0.2, -0.15) is 0 Å². The molecule has 2 heterocycles. The van der Waals surface area contributed by atoms with Gasteiger partial charge < -0.3 is 24.7 Å². The number of Topliss-reactive ketones (excluding diaryl/α,β-unsaturated/α-hetero) is 1. The molecule has 3 unspecified atom stereocenters. The smallest absolute Gasteiger partial charge is 0.394 e. The average Bonchev–Trinajstić information content (AvgIpc) is 3.50. The molecule has 0 bridgehead atoms. The summed E-state index contributed by atoms with van der Waals surface area (Å²) in [5, 5.41) is 4.21. The zero-order valence-electron chi connectivity index (χ0n) is 23.5. The molecule has 2 aromatic rings. The molecule has 2 aliphatic rings. The maximum Gasteiger partial charge on any atom is 0.533 e. The molecule has 4 rings (SSSR count). The first kappa shape index (κ1) is 29.1. The molecule has 214 valence electrons. The Balaban J connectivity index is 1.42. The third-order valence-corrected chi connectivity index (χ3v) is 7.37. The molecule has 0 saturated carbocycles. The zero-order valence-corrected chi connectivity index (χ0v) is 23.5. The summed E-state index contributed by atoms with van der Waals surface area (Å²) >= 11 is 0. The quantitative estimate of drug-likeness (QED) is 0.353. The van der Waals surface area contributed by atoms with Crippen molar-refractivity contribution in [3.05, 3.63) is 60.2 Å². The molecule has 2 amide bonds. The lowest BCUT2D eigenvalue weighted by atomic mass is 10.0. The number of rotatable bonds is 10. The lowest BCUT2D eigenvalue weighted by molar-refractivity contribution is -0.138. The topological polar surface area (TPSA) is 108 Å². The molecule has 0 spiro atoms. The van der Waals surface area contributed by atoms with Crippen LogP contribution in [0.15, 0.2) is 54.6 Å². The fourth-order valence-corrected chi connectivity index (χ4v) is 5.42. The van der Waals surface area contributed by atoms with Crippen LogP contribution < -0.4 is 15.0 Å². The summed E-state index contributed by atoms with van der Waals surface area (Å²) in [5.41, 5.74) is 1.49. The Morgan fingerprint density at radius 2 is 1.70 bits per heavy atom. The highest BCUT2D eigenvalue weighted by atomic mass is 16.8. The molecule has 0 radical (unpaired) electrons. The number of fused-ring (bicyclic) bond motifs is 1. The van der Waals surface area contributed by atoms with E-state index in [0.717, 1.165) is 18.8 Å². The van der Waals surface area contributed by atoms with Crippen LogP contribution in [-0.2, 0) is 14.4 Å². The molecule has 2 aromatic carbocycles. The van der Waals surface area contributed by atoms with Crippen molar-refractivity contribution in [3.8, 4) is 5.75 Å². The van der Waals surface area contributed by atoms with Crippen molar-refractivity contribution < 1.29 is 28.8 Å². The predicted molar refractivity (Wildman–Crippen MR) is 150 cm³/mol. The minimum Gasteiger partial charge on any atom is -0.394 e. The van der Waals surface area contributed by atoms with E-state index in [4.69, 9.17) is 9.57 Å². The first-order valence-electron chi connectivity index (χ1n) is 13.9. The summed E-state index contributed by atoms with van der Waals surface area (Å²) in [7, 11) is 0. The van der Waals surface area contributed by atoms with E-state index in [2.05, 4.69) is 24.1 Å². The minimum absolute atomic E-state index is 0.129. The third-order valence-electron chi connectivity index (χ3n) is 7.37. The first-order chi connectivity index (χ1) is 19.2. The van der Waals surface area contributed by atoms with Gasteiger partial charge in [0.25, 0.3) is 5.91 Å². The summed E-state index contributed by atoms with van der Waals surface area (Å²) in [6.07, 6.45) is -0.0645. The Labute approximate surface area is 235 Å². The second kappa shape index (κ2) is 13.0. The summed E-state index contributed by atoms with van der Waals surface area (Å²) in [4.78, 5) is 61.3. The van der Waals surface area contributed by atoms with E-state index < -0.39 is 24.3 Å². The number of carbonyl (C=O) groups is 4. The van der Waals surface area contributed by atoms with Gasteiger partial charge in [-0.05, 0) is 69.0 Å². The molecule has 40 heavy (non-hydrogen) atoms. The number of hydrogen-bond donors (Lipinski definition) is 1. The number of hydroxylamine groups is 2. The number of hydrogen-bond acceptors (Lipinski definition) is 8. The minimum atomic E-state index is -0.943. The molecule has 10 heteroatoms. The molecular weight excluding hydrogens is 512 g/mol. The summed E-state index contributed by atoms with van der Waals surface area (Å²) in [6.45, 7) is 10.0. The van der Waals surface area contributed by atoms with E-state index in [-0.39, 0.29) is 30.1 Å². The maximum atomic E-state index is 13.7. The highest BCUT2D eigenvalue weighted by Gasteiger charge is 2.52. The van der Waals surface area contributed by atoms with Gasteiger partial charge in [-0.3, -0.25) is 14.4 Å². The Morgan fingerprint density at radius 1 is 1.02 bits per heavy atom. The Hall–Kier alpha value is -3.92. The van der Waals surface area contributed by atoms with Gasteiger partial charge in [-0.25, -0.2) is 4.79 Å². The lowest BCUT2D eigenvalue weighted by Crippen LogP contribution is -2.52. The molecule has 3 atom stereocenters. The van der Waals surface area contributed by atoms with Crippen LogP contribution in [0.1, 0.15) is 50.9 Å². The van der Waals surface area contributed by atoms with E-state index in [9.17, 15) is 19.2 Å². The Bertz CT molecular complexity index is 1200. The van der Waals surface area contributed by atoms with Crippen LogP contribution in [0.3, 0.4) is 0 Å². The van der Waals surface area contributed by atoms with Crippen molar-refractivity contribution >= 4 is 29.4 Å². The number of nitrogens with zero attached hydrogens (tertiary/aromatic N) is 3. The summed E-state index contributed by atoms with van der Waals surface area (Å²) < 4.78 is 5.19. The maximum absolute atomic E-state index is 13.7. The molecule has 2 aliphatic heterocycles. The van der Waals surface area contributed by atoms with Crippen LogP contribution in [0, 0.1) is 5.92 Å². The van der Waals surface area contributed by atoms with E-state index in [1.54, 1.807) is 42.5 Å². The number of ketones is 1. The van der Waals surface area contributed by atoms with Crippen molar-refractivity contribution in [3.63, 3.8) is 0 Å². The third kappa shape index (κ3) is 6.62. The van der Waals surface area contributed by atoms with Gasteiger partial charge in [-0.15, -0.1) is 5.06 Å². The fourth-order valence-electron chi connectivity index (χ4n) is 5.42. The fraction of sp³-hybridized carbons (Fsp3) is 0.467. The van der Waals surface area contributed by atoms with Crippen LogP contribution >= 0.6 is 0 Å². The number of amides is 2. The van der Waals surface area contributed by atoms with Gasteiger partial charge in [-0.1, -0.05) is 32.0 Å². The van der Waals surface area contributed by atoms with E-state index in [1.807, 2.05) is 26.0 Å². The standard InChI is InChI=1S/C30H38N4O6/c1-5-32(6-2)22-14-12-21(13-15-22)28(36)31-24(18-20(3)4)29(37)33-17-16-25-27(33)26(35)19-34(25)40-30(38)39-23-10-8-7-9-11-23/h7-15,20,24-25,27H,5-6,16-19H2,1-4H3,(H,31,36). The zero-order chi connectivity index (χ0) is 28.8. The van der Waals surface area contributed by atoms with Gasteiger partial charge in [0.1, 0.15) is 17.8 Å². The van der Waals surface area contributed by atoms with Crippen LogP contribution in [-0.4, -0.2) is 78.0 Å². The molecule has 0 aliphatic carbocycles. The van der Waals surface area contributed by atoms with E-state index >= 15 is 0 Å². The van der Waals surface area contributed by atoms with Crippen molar-refractivity contribution in [2.45, 2.75) is 58.7 Å². The molecule has 1 N–H and O–H groups in total. The molecule has 10 nitrogen and oxygen atoms in total. The summed E-state index contributed by atoms with van der Waals surface area (Å²) in [6, 6.07) is 13.8.